The van der Waals surface area contributed by atoms with Crippen molar-refractivity contribution in [3.05, 3.63) is 66.8 Å². The fourth-order valence-electron chi connectivity index (χ4n) is 2.13. The van der Waals surface area contributed by atoms with Crippen LogP contribution in [0.4, 0.5) is 0 Å². The Balaban J connectivity index is 0.000000479. The van der Waals surface area contributed by atoms with Gasteiger partial charge in [-0.3, -0.25) is 9.11 Å². The molecule has 0 spiro atoms. The number of nitrogens with zero attached hydrogens (tertiary/aromatic N) is 2. The van der Waals surface area contributed by atoms with Gasteiger partial charge in [0.15, 0.2) is 11.9 Å². The molecule has 2 unspecified atom stereocenters. The Kier molecular flexibility index (Phi) is 13.6. The molecular formula is C18H26I2N6O4S. The van der Waals surface area contributed by atoms with Crippen molar-refractivity contribution < 1.29 is 17.5 Å². The lowest BCUT2D eigenvalue weighted by Gasteiger charge is -2.06. The van der Waals surface area contributed by atoms with E-state index in [0.717, 1.165) is 11.1 Å². The number of hydrogen-bond donors (Lipinski definition) is 6. The minimum Gasteiger partial charge on any atom is -0.370 e. The van der Waals surface area contributed by atoms with Crippen molar-refractivity contribution in [2.75, 3.05) is 0 Å². The van der Waals surface area contributed by atoms with Crippen LogP contribution < -0.4 is 22.9 Å². The molecule has 0 aliphatic heterocycles. The van der Waals surface area contributed by atoms with Gasteiger partial charge in [-0.05, 0) is 94.4 Å². The lowest BCUT2D eigenvalue weighted by molar-refractivity contribution is 0.381. The summed E-state index contributed by atoms with van der Waals surface area (Å²) in [6, 6.07) is 16.3. The van der Waals surface area contributed by atoms with Crippen LogP contribution in [0.25, 0.3) is 0 Å². The van der Waals surface area contributed by atoms with E-state index in [2.05, 4.69) is 67.3 Å². The second-order valence-electron chi connectivity index (χ2n) is 6.02. The molecule has 13 heteroatoms. The highest BCUT2D eigenvalue weighted by atomic mass is 127. The van der Waals surface area contributed by atoms with Crippen LogP contribution >= 0.6 is 45.2 Å². The van der Waals surface area contributed by atoms with Crippen LogP contribution in [-0.4, -0.2) is 29.4 Å². The van der Waals surface area contributed by atoms with Crippen LogP contribution in [0.5, 0.6) is 0 Å². The summed E-state index contributed by atoms with van der Waals surface area (Å²) in [6.07, 6.45) is 0. The quantitative estimate of drug-likeness (QED) is 0.123. The second-order valence-corrected chi connectivity index (χ2v) is 9.40. The Labute approximate surface area is 209 Å². The van der Waals surface area contributed by atoms with Gasteiger partial charge in [-0.25, -0.2) is 9.98 Å². The van der Waals surface area contributed by atoms with Gasteiger partial charge in [0.2, 0.25) is 0 Å². The van der Waals surface area contributed by atoms with Crippen LogP contribution in [0.3, 0.4) is 0 Å². The van der Waals surface area contributed by atoms with Crippen molar-refractivity contribution in [3.63, 3.8) is 0 Å². The van der Waals surface area contributed by atoms with Gasteiger partial charge in [0, 0.05) is 7.14 Å². The maximum Gasteiger partial charge on any atom is 0.394 e. The van der Waals surface area contributed by atoms with E-state index in [9.17, 15) is 0 Å². The van der Waals surface area contributed by atoms with Gasteiger partial charge in [-0.15, -0.1) is 0 Å². The van der Waals surface area contributed by atoms with E-state index in [1.807, 2.05) is 50.2 Å². The molecule has 172 valence electrons. The minimum absolute atomic E-state index is 0.0275. The second kappa shape index (κ2) is 14.4. The Morgan fingerprint density at radius 1 is 0.806 bits per heavy atom. The van der Waals surface area contributed by atoms with E-state index >= 15 is 0 Å². The van der Waals surface area contributed by atoms with Crippen LogP contribution in [0, 0.1) is 7.14 Å². The minimum atomic E-state index is -4.67. The molecule has 31 heavy (non-hydrogen) atoms. The molecule has 0 saturated heterocycles. The maximum absolute atomic E-state index is 8.74. The standard InChI is InChI=1S/2C9H12IN3.H2O4S/c2*1-6(13-9(11)12)7-3-2-4-8(10)5-7;1-5(2,3)4/h2*2-6H,1H3,(H4,11,12,13);(H2,1,2,3,4). The predicted octanol–water partition coefficient (Wildman–Crippen LogP) is 2.60. The van der Waals surface area contributed by atoms with Crippen LogP contribution in [-0.2, 0) is 10.4 Å². The topological polar surface area (TPSA) is 203 Å². The summed E-state index contributed by atoms with van der Waals surface area (Å²) in [5, 5.41) is 0. The SMILES string of the molecule is CC(N=C(N)N)c1cccc(I)c1.CC(N=C(N)N)c1cccc(I)c1.O=S(=O)(O)O. The molecule has 0 aliphatic carbocycles. The molecule has 0 heterocycles. The first-order chi connectivity index (χ1) is 14.2. The van der Waals surface area contributed by atoms with E-state index in [1.54, 1.807) is 0 Å². The Bertz CT molecular complexity index is 921. The molecule has 10 N–H and O–H groups in total. The maximum atomic E-state index is 8.74. The van der Waals surface area contributed by atoms with Gasteiger partial charge in [0.1, 0.15) is 0 Å². The molecule has 0 bridgehead atoms. The molecule has 0 saturated carbocycles. The zero-order valence-electron chi connectivity index (χ0n) is 16.9. The van der Waals surface area contributed by atoms with E-state index in [-0.39, 0.29) is 24.0 Å². The monoisotopic (exact) mass is 676 g/mol. The van der Waals surface area contributed by atoms with Crippen LogP contribution in [0.1, 0.15) is 37.1 Å². The van der Waals surface area contributed by atoms with E-state index in [1.165, 1.54) is 7.14 Å². The highest BCUT2D eigenvalue weighted by Crippen LogP contribution is 2.19. The lowest BCUT2D eigenvalue weighted by atomic mass is 10.1. The van der Waals surface area contributed by atoms with Gasteiger partial charge in [0.05, 0.1) is 12.1 Å². The first-order valence-electron chi connectivity index (χ1n) is 8.57. The number of hydrogen-bond acceptors (Lipinski definition) is 4. The fraction of sp³-hybridized carbons (Fsp3) is 0.222. The van der Waals surface area contributed by atoms with Crippen LogP contribution in [0.15, 0.2) is 58.5 Å². The van der Waals surface area contributed by atoms with E-state index in [0.29, 0.717) is 0 Å². The van der Waals surface area contributed by atoms with Gasteiger partial charge in [0.25, 0.3) is 0 Å². The highest BCUT2D eigenvalue weighted by molar-refractivity contribution is 14.1. The number of halogens is 2. The predicted molar refractivity (Wildman–Crippen MR) is 141 cm³/mol. The largest absolute Gasteiger partial charge is 0.394 e. The smallest absolute Gasteiger partial charge is 0.370 e. The molecule has 0 aliphatic rings. The van der Waals surface area contributed by atoms with Gasteiger partial charge in [-0.2, -0.15) is 8.42 Å². The molecule has 0 aromatic heterocycles. The third-order valence-electron chi connectivity index (χ3n) is 3.35. The molecule has 2 aromatic carbocycles. The zero-order valence-corrected chi connectivity index (χ0v) is 22.0. The molecule has 10 nitrogen and oxygen atoms in total. The fourth-order valence-corrected chi connectivity index (χ4v) is 3.26. The van der Waals surface area contributed by atoms with Crippen molar-refractivity contribution in [1.82, 2.24) is 0 Å². The Morgan fingerprint density at radius 2 is 1.10 bits per heavy atom. The van der Waals surface area contributed by atoms with E-state index < -0.39 is 10.4 Å². The first kappa shape index (κ1) is 29.3. The molecule has 0 amide bonds. The summed E-state index contributed by atoms with van der Waals surface area (Å²) >= 11 is 4.52. The molecule has 2 atom stereocenters. The lowest BCUT2D eigenvalue weighted by Crippen LogP contribution is -2.23. The zero-order chi connectivity index (χ0) is 24.2. The molecule has 0 radical (unpaired) electrons. The van der Waals surface area contributed by atoms with Crippen molar-refractivity contribution in [1.29, 1.82) is 0 Å². The van der Waals surface area contributed by atoms with Crippen molar-refractivity contribution in [2.24, 2.45) is 32.9 Å². The van der Waals surface area contributed by atoms with Crippen molar-refractivity contribution in [3.8, 4) is 0 Å². The summed E-state index contributed by atoms with van der Waals surface area (Å²) in [7, 11) is -4.67. The van der Waals surface area contributed by atoms with Crippen LogP contribution in [0.2, 0.25) is 0 Å². The van der Waals surface area contributed by atoms with Gasteiger partial charge < -0.3 is 22.9 Å². The van der Waals surface area contributed by atoms with Gasteiger partial charge in [-0.1, -0.05) is 24.3 Å². The third-order valence-corrected chi connectivity index (χ3v) is 4.69. The van der Waals surface area contributed by atoms with Crippen molar-refractivity contribution >= 4 is 67.5 Å². The molecule has 2 aromatic rings. The molecular weight excluding hydrogens is 650 g/mol. The normalized spacial score (nSPS) is 12.1. The Hall–Kier alpha value is -1.69. The van der Waals surface area contributed by atoms with Gasteiger partial charge >= 0.3 is 10.4 Å². The van der Waals surface area contributed by atoms with Crippen molar-refractivity contribution in [2.45, 2.75) is 25.9 Å². The highest BCUT2D eigenvalue weighted by Gasteiger charge is 2.03. The average molecular weight is 676 g/mol. The number of nitrogens with two attached hydrogens (primary N) is 4. The summed E-state index contributed by atoms with van der Waals surface area (Å²) in [4.78, 5) is 8.12. The summed E-state index contributed by atoms with van der Waals surface area (Å²) < 4.78 is 34.0. The third kappa shape index (κ3) is 16.6. The summed E-state index contributed by atoms with van der Waals surface area (Å²) in [5.41, 5.74) is 23.4. The van der Waals surface area contributed by atoms with E-state index in [4.69, 9.17) is 40.5 Å². The molecule has 0 fully saturated rings. The number of benzene rings is 2. The summed E-state index contributed by atoms with van der Waals surface area (Å²) in [6.45, 7) is 3.93. The number of guanidine groups is 2. The number of aliphatic imine (C=N–C) groups is 2. The first-order valence-corrected chi connectivity index (χ1v) is 12.1. The Morgan fingerprint density at radius 3 is 1.32 bits per heavy atom. The molecule has 2 rings (SSSR count). The average Bonchev–Trinajstić information content (AvgIpc) is 2.60. The number of rotatable bonds is 4. The summed E-state index contributed by atoms with van der Waals surface area (Å²) in [5.74, 6) is 0.262.